The van der Waals surface area contributed by atoms with Gasteiger partial charge in [0.05, 0.1) is 26.4 Å². The number of amides is 3. The summed E-state index contributed by atoms with van der Waals surface area (Å²) in [5, 5.41) is 11.4. The molecule has 1 aliphatic rings. The van der Waals surface area contributed by atoms with Crippen molar-refractivity contribution in [1.82, 2.24) is 21.1 Å². The number of hydrogen-bond donors (Lipinski definition) is 3. The van der Waals surface area contributed by atoms with Gasteiger partial charge in [0.15, 0.2) is 11.5 Å². The molecule has 3 N–H and O–H groups in total. The summed E-state index contributed by atoms with van der Waals surface area (Å²) in [5.41, 5.74) is -0.135. The molecule has 0 saturated carbocycles. The Morgan fingerprint density at radius 2 is 1.73 bits per heavy atom. The summed E-state index contributed by atoms with van der Waals surface area (Å²) in [5.74, 6) is -1.00. The standard InChI is InChI=1S/C25H32N4O8/c1-14-10-19(29-37-14)23(32)28-20(12-34-4)24(33)26-15(2)22(31)27-18(21(30)25(3)13-36-25)11-16-6-8-17(35-5)9-7-16/h6-10,15,18,20H,11-13H2,1-5H3,(H,26,33)(H,27,31)(H,28,32)/t15-,18-,20-,25+/m0/s1. The Labute approximate surface area is 214 Å². The Kier molecular flexibility index (Phi) is 9.00. The summed E-state index contributed by atoms with van der Waals surface area (Å²) in [6.07, 6.45) is 0.230. The van der Waals surface area contributed by atoms with Crippen molar-refractivity contribution in [3.8, 4) is 5.75 Å². The van der Waals surface area contributed by atoms with Gasteiger partial charge in [-0.25, -0.2) is 0 Å². The van der Waals surface area contributed by atoms with Gasteiger partial charge in [-0.1, -0.05) is 17.3 Å². The van der Waals surface area contributed by atoms with Gasteiger partial charge in [-0.15, -0.1) is 0 Å². The average molecular weight is 517 g/mol. The summed E-state index contributed by atoms with van der Waals surface area (Å²) in [6.45, 7) is 4.91. The number of rotatable bonds is 13. The van der Waals surface area contributed by atoms with Crippen molar-refractivity contribution < 1.29 is 37.9 Å². The largest absolute Gasteiger partial charge is 0.497 e. The fourth-order valence-electron chi connectivity index (χ4n) is 3.56. The molecule has 1 saturated heterocycles. The predicted molar refractivity (Wildman–Crippen MR) is 130 cm³/mol. The Balaban J connectivity index is 1.64. The second kappa shape index (κ2) is 12.0. The Bertz CT molecular complexity index is 1130. The molecule has 1 fully saturated rings. The molecule has 1 aliphatic heterocycles. The Hall–Kier alpha value is -3.77. The smallest absolute Gasteiger partial charge is 0.274 e. The minimum Gasteiger partial charge on any atom is -0.497 e. The number of Topliss-reactive ketones (excluding diaryl/α,β-unsaturated/α-hetero) is 1. The maximum atomic E-state index is 13.1. The minimum atomic E-state index is -1.10. The van der Waals surface area contributed by atoms with Crippen molar-refractivity contribution in [3.05, 3.63) is 47.3 Å². The molecule has 0 aliphatic carbocycles. The summed E-state index contributed by atoms with van der Waals surface area (Å²) in [4.78, 5) is 51.3. The van der Waals surface area contributed by atoms with Crippen LogP contribution in [0.25, 0.3) is 0 Å². The van der Waals surface area contributed by atoms with Crippen LogP contribution in [-0.2, 0) is 30.3 Å². The van der Waals surface area contributed by atoms with Crippen LogP contribution in [0, 0.1) is 6.92 Å². The number of aryl methyl sites for hydroxylation is 1. The average Bonchev–Trinajstić information content (AvgIpc) is 3.48. The van der Waals surface area contributed by atoms with E-state index in [1.807, 2.05) is 0 Å². The lowest BCUT2D eigenvalue weighted by molar-refractivity contribution is -0.133. The van der Waals surface area contributed by atoms with Gasteiger partial charge < -0.3 is 34.7 Å². The van der Waals surface area contributed by atoms with Crippen molar-refractivity contribution in [2.45, 2.75) is 50.9 Å². The molecule has 3 amide bonds. The van der Waals surface area contributed by atoms with Crippen molar-refractivity contribution in [3.63, 3.8) is 0 Å². The van der Waals surface area contributed by atoms with Crippen LogP contribution in [0.2, 0.25) is 0 Å². The lowest BCUT2D eigenvalue weighted by Crippen LogP contribution is -2.56. The molecule has 0 unspecified atom stereocenters. The quantitative estimate of drug-likeness (QED) is 0.319. The monoisotopic (exact) mass is 516 g/mol. The number of carbonyl (C=O) groups is 4. The molecular weight excluding hydrogens is 484 g/mol. The van der Waals surface area contributed by atoms with E-state index in [0.29, 0.717) is 11.5 Å². The molecule has 1 aromatic heterocycles. The first-order valence-electron chi connectivity index (χ1n) is 11.7. The van der Waals surface area contributed by atoms with E-state index in [2.05, 4.69) is 21.1 Å². The number of epoxide rings is 1. The third-order valence-electron chi connectivity index (χ3n) is 5.90. The van der Waals surface area contributed by atoms with E-state index >= 15 is 0 Å². The molecule has 200 valence electrons. The van der Waals surface area contributed by atoms with Crippen LogP contribution in [0.15, 0.2) is 34.9 Å². The van der Waals surface area contributed by atoms with E-state index in [4.69, 9.17) is 18.7 Å². The van der Waals surface area contributed by atoms with Gasteiger partial charge in [0, 0.05) is 13.2 Å². The van der Waals surface area contributed by atoms with Gasteiger partial charge in [0.1, 0.15) is 29.2 Å². The fourth-order valence-corrected chi connectivity index (χ4v) is 3.56. The van der Waals surface area contributed by atoms with E-state index in [1.54, 1.807) is 45.2 Å². The second-order valence-corrected chi connectivity index (χ2v) is 9.03. The SMILES string of the molecule is COC[C@H](NC(=O)c1cc(C)on1)C(=O)N[C@@H](C)C(=O)N[C@@H](Cc1ccc(OC)cc1)C(=O)[C@@]1(C)CO1. The van der Waals surface area contributed by atoms with Gasteiger partial charge in [0.2, 0.25) is 11.8 Å². The van der Waals surface area contributed by atoms with Crippen LogP contribution in [0.3, 0.4) is 0 Å². The number of ether oxygens (including phenoxy) is 3. The molecule has 3 rings (SSSR count). The molecule has 2 aromatic rings. The number of methoxy groups -OCH3 is 2. The number of aromatic nitrogens is 1. The zero-order valence-electron chi connectivity index (χ0n) is 21.5. The first-order chi connectivity index (χ1) is 17.6. The van der Waals surface area contributed by atoms with E-state index < -0.39 is 41.4 Å². The van der Waals surface area contributed by atoms with E-state index in [0.717, 1.165) is 5.56 Å². The molecular formula is C25H32N4O8. The van der Waals surface area contributed by atoms with Gasteiger partial charge in [0.25, 0.3) is 5.91 Å². The first kappa shape index (κ1) is 27.8. The van der Waals surface area contributed by atoms with E-state index in [1.165, 1.54) is 20.1 Å². The van der Waals surface area contributed by atoms with Gasteiger partial charge in [-0.05, 0) is 44.9 Å². The minimum absolute atomic E-state index is 0.00729. The van der Waals surface area contributed by atoms with Crippen molar-refractivity contribution >= 4 is 23.5 Å². The highest BCUT2D eigenvalue weighted by Crippen LogP contribution is 2.29. The Morgan fingerprint density at radius 3 is 2.27 bits per heavy atom. The number of nitrogens with zero attached hydrogens (tertiary/aromatic N) is 1. The summed E-state index contributed by atoms with van der Waals surface area (Å²) in [6, 6.07) is 5.58. The second-order valence-electron chi connectivity index (χ2n) is 9.03. The summed E-state index contributed by atoms with van der Waals surface area (Å²) >= 11 is 0. The van der Waals surface area contributed by atoms with E-state index in [-0.39, 0.29) is 31.1 Å². The van der Waals surface area contributed by atoms with Crippen LogP contribution >= 0.6 is 0 Å². The molecule has 37 heavy (non-hydrogen) atoms. The van der Waals surface area contributed by atoms with Crippen molar-refractivity contribution in [2.75, 3.05) is 27.4 Å². The zero-order valence-corrected chi connectivity index (χ0v) is 21.5. The fraction of sp³-hybridized carbons (Fsp3) is 0.480. The molecule has 4 atom stereocenters. The molecule has 12 heteroatoms. The van der Waals surface area contributed by atoms with Crippen LogP contribution in [0.1, 0.15) is 35.7 Å². The summed E-state index contributed by atoms with van der Waals surface area (Å²) in [7, 11) is 2.93. The highest BCUT2D eigenvalue weighted by molar-refractivity contribution is 5.99. The highest BCUT2D eigenvalue weighted by atomic mass is 16.6. The van der Waals surface area contributed by atoms with Gasteiger partial charge in [-0.3, -0.25) is 19.2 Å². The molecule has 12 nitrogen and oxygen atoms in total. The maximum absolute atomic E-state index is 13.1. The lowest BCUT2D eigenvalue weighted by atomic mass is 9.94. The number of nitrogens with one attached hydrogen (secondary N) is 3. The molecule has 0 spiro atoms. The predicted octanol–water partition coefficient (Wildman–Crippen LogP) is 0.327. The Morgan fingerprint density at radius 1 is 1.05 bits per heavy atom. The third kappa shape index (κ3) is 7.37. The normalized spacial score (nSPS) is 18.7. The maximum Gasteiger partial charge on any atom is 0.274 e. The van der Waals surface area contributed by atoms with Crippen LogP contribution in [-0.4, -0.2) is 79.8 Å². The number of benzene rings is 1. The van der Waals surface area contributed by atoms with Crippen LogP contribution in [0.5, 0.6) is 5.75 Å². The van der Waals surface area contributed by atoms with E-state index in [9.17, 15) is 19.2 Å². The van der Waals surface area contributed by atoms with Crippen molar-refractivity contribution in [2.24, 2.45) is 0 Å². The molecule has 0 radical (unpaired) electrons. The first-order valence-corrected chi connectivity index (χ1v) is 11.7. The lowest BCUT2D eigenvalue weighted by Gasteiger charge is -2.24. The zero-order chi connectivity index (χ0) is 27.2. The highest BCUT2D eigenvalue weighted by Gasteiger charge is 2.50. The molecule has 2 heterocycles. The van der Waals surface area contributed by atoms with Crippen LogP contribution < -0.4 is 20.7 Å². The van der Waals surface area contributed by atoms with Crippen molar-refractivity contribution in [1.29, 1.82) is 0 Å². The number of hydrogen-bond acceptors (Lipinski definition) is 9. The number of ketones is 1. The summed E-state index contributed by atoms with van der Waals surface area (Å²) < 4.78 is 20.4. The van der Waals surface area contributed by atoms with Crippen LogP contribution in [0.4, 0.5) is 0 Å². The molecule has 0 bridgehead atoms. The number of carbonyl (C=O) groups excluding carboxylic acids is 4. The topological polar surface area (TPSA) is 161 Å². The molecule has 1 aromatic carbocycles. The third-order valence-corrected chi connectivity index (χ3v) is 5.90. The van der Waals surface area contributed by atoms with Gasteiger partial charge >= 0.3 is 0 Å². The van der Waals surface area contributed by atoms with Gasteiger partial charge in [-0.2, -0.15) is 0 Å².